The lowest BCUT2D eigenvalue weighted by Gasteiger charge is -2.35. The van der Waals surface area contributed by atoms with Gasteiger partial charge in [0.15, 0.2) is 0 Å². The molecule has 10 heteroatoms. The summed E-state index contributed by atoms with van der Waals surface area (Å²) in [5.41, 5.74) is 2.18. The number of aliphatic carboxylic acids is 1. The molecule has 1 saturated heterocycles. The number of unbranched alkanes of at least 4 members (excludes halogenated alkanes) is 1. The van der Waals surface area contributed by atoms with Gasteiger partial charge in [0.05, 0.1) is 12.6 Å². The summed E-state index contributed by atoms with van der Waals surface area (Å²) in [5, 5.41) is 22.0. The molecule has 7 nitrogen and oxygen atoms in total. The number of carbonyl (C=O) groups is 2. The zero-order chi connectivity index (χ0) is 24.2. The molecule has 2 aromatic carbocycles. The Morgan fingerprint density at radius 1 is 0.857 bits per heavy atom. The third-order valence-corrected chi connectivity index (χ3v) is 7.39. The molecule has 1 amide bonds. The van der Waals surface area contributed by atoms with E-state index in [1.807, 2.05) is 17.0 Å². The van der Waals surface area contributed by atoms with Crippen LogP contribution in [0.5, 0.6) is 0 Å². The molecular weight excluding hydrogens is 602 g/mol. The third-order valence-electron chi connectivity index (χ3n) is 6.41. The van der Waals surface area contributed by atoms with E-state index in [0.717, 1.165) is 43.8 Å². The number of hydrogen-bond acceptors (Lipinski definition) is 4. The van der Waals surface area contributed by atoms with Crippen molar-refractivity contribution in [1.82, 2.24) is 14.4 Å². The Bertz CT molecular complexity index is 1140. The quantitative estimate of drug-likeness (QED) is 0.329. The summed E-state index contributed by atoms with van der Waals surface area (Å²) in [6.45, 7) is 3.78. The minimum atomic E-state index is -0.818. The van der Waals surface area contributed by atoms with Crippen LogP contribution in [0, 0.1) is 0 Å². The zero-order valence-electron chi connectivity index (χ0n) is 19.3. The molecule has 2 N–H and O–H groups in total. The molecule has 1 atom stereocenters. The molecule has 2 heterocycles. The summed E-state index contributed by atoms with van der Waals surface area (Å²) in [6.07, 6.45) is 1.11. The van der Waals surface area contributed by atoms with Gasteiger partial charge in [0.1, 0.15) is 0 Å². The van der Waals surface area contributed by atoms with E-state index in [0.29, 0.717) is 45.4 Å². The summed E-state index contributed by atoms with van der Waals surface area (Å²) in [7, 11) is 0. The van der Waals surface area contributed by atoms with E-state index in [2.05, 4.69) is 65.6 Å². The van der Waals surface area contributed by atoms with E-state index in [9.17, 15) is 14.7 Å². The van der Waals surface area contributed by atoms with Gasteiger partial charge in [-0.25, -0.2) is 0 Å². The maximum Gasteiger partial charge on any atom is 0.303 e. The van der Waals surface area contributed by atoms with Crippen molar-refractivity contribution in [2.45, 2.75) is 38.3 Å². The molecule has 35 heavy (non-hydrogen) atoms. The SMILES string of the molecule is Cl.O=C(O)CCCCC(=O)N1CCN(C[C@@H](O)Cn2c3ccc(Br)cc3c3cc(Br)ccc32)CC1. The predicted molar refractivity (Wildman–Crippen MR) is 147 cm³/mol. The van der Waals surface area contributed by atoms with Crippen molar-refractivity contribution >= 4 is 77.9 Å². The Hall–Kier alpha value is -1.65. The second kappa shape index (κ2) is 12.5. The molecule has 1 fully saturated rings. The van der Waals surface area contributed by atoms with Gasteiger partial charge in [0, 0.05) is 76.3 Å². The van der Waals surface area contributed by atoms with Gasteiger partial charge in [-0.05, 0) is 49.2 Å². The fourth-order valence-electron chi connectivity index (χ4n) is 4.70. The van der Waals surface area contributed by atoms with Gasteiger partial charge in [-0.2, -0.15) is 0 Å². The van der Waals surface area contributed by atoms with Crippen molar-refractivity contribution in [3.8, 4) is 0 Å². The molecular formula is C25H30Br2ClN3O4. The van der Waals surface area contributed by atoms with Crippen LogP contribution in [-0.2, 0) is 16.1 Å². The number of hydrogen-bond donors (Lipinski definition) is 2. The first-order valence-corrected chi connectivity index (χ1v) is 13.2. The predicted octanol–water partition coefficient (Wildman–Crippen LogP) is 4.89. The third kappa shape index (κ3) is 6.98. The number of fused-ring (bicyclic) bond motifs is 3. The molecule has 1 aliphatic heterocycles. The van der Waals surface area contributed by atoms with Crippen LogP contribution >= 0.6 is 44.3 Å². The second-order valence-electron chi connectivity index (χ2n) is 8.87. The highest BCUT2D eigenvalue weighted by Gasteiger charge is 2.23. The van der Waals surface area contributed by atoms with E-state index < -0.39 is 12.1 Å². The van der Waals surface area contributed by atoms with Crippen LogP contribution in [0.25, 0.3) is 21.8 Å². The Morgan fingerprint density at radius 2 is 1.40 bits per heavy atom. The van der Waals surface area contributed by atoms with Gasteiger partial charge in [-0.1, -0.05) is 31.9 Å². The summed E-state index contributed by atoms with van der Waals surface area (Å²) in [5.74, 6) is -0.727. The van der Waals surface area contributed by atoms with Crippen LogP contribution in [0.1, 0.15) is 25.7 Å². The molecule has 0 aliphatic carbocycles. The minimum absolute atomic E-state index is 0. The number of rotatable bonds is 9. The number of aromatic nitrogens is 1. The maximum absolute atomic E-state index is 12.4. The van der Waals surface area contributed by atoms with Crippen LogP contribution in [-0.4, -0.2) is 75.3 Å². The van der Waals surface area contributed by atoms with Crippen molar-refractivity contribution in [3.05, 3.63) is 45.3 Å². The number of carboxylic acid groups (broad SMARTS) is 1. The molecule has 4 rings (SSSR count). The smallest absolute Gasteiger partial charge is 0.303 e. The molecule has 1 aliphatic rings. The molecule has 0 bridgehead atoms. The van der Waals surface area contributed by atoms with E-state index >= 15 is 0 Å². The number of carboxylic acids is 1. The van der Waals surface area contributed by atoms with Crippen LogP contribution in [0.2, 0.25) is 0 Å². The van der Waals surface area contributed by atoms with Crippen molar-refractivity contribution in [2.75, 3.05) is 32.7 Å². The number of halogens is 3. The topological polar surface area (TPSA) is 86.0 Å². The van der Waals surface area contributed by atoms with Gasteiger partial charge in [-0.3, -0.25) is 14.5 Å². The van der Waals surface area contributed by atoms with Crippen molar-refractivity contribution < 1.29 is 19.8 Å². The van der Waals surface area contributed by atoms with Crippen molar-refractivity contribution in [1.29, 1.82) is 0 Å². The first-order valence-electron chi connectivity index (χ1n) is 11.6. The van der Waals surface area contributed by atoms with Gasteiger partial charge in [0.2, 0.25) is 5.91 Å². The summed E-state index contributed by atoms with van der Waals surface area (Å²) in [6, 6.07) is 12.5. The van der Waals surface area contributed by atoms with Gasteiger partial charge in [0.25, 0.3) is 0 Å². The van der Waals surface area contributed by atoms with Crippen molar-refractivity contribution in [2.24, 2.45) is 0 Å². The van der Waals surface area contributed by atoms with Crippen LogP contribution in [0.15, 0.2) is 45.3 Å². The Balaban J connectivity index is 0.00000342. The molecule has 3 aromatic rings. The lowest BCUT2D eigenvalue weighted by atomic mass is 10.1. The lowest BCUT2D eigenvalue weighted by molar-refractivity contribution is -0.138. The van der Waals surface area contributed by atoms with Crippen molar-refractivity contribution in [3.63, 3.8) is 0 Å². The molecule has 0 radical (unpaired) electrons. The monoisotopic (exact) mass is 629 g/mol. The fourth-order valence-corrected chi connectivity index (χ4v) is 5.42. The number of benzene rings is 2. The van der Waals surface area contributed by atoms with Gasteiger partial charge < -0.3 is 19.7 Å². The summed E-state index contributed by atoms with van der Waals surface area (Å²) >= 11 is 7.14. The largest absolute Gasteiger partial charge is 0.481 e. The number of aliphatic hydroxyl groups excluding tert-OH is 1. The van der Waals surface area contributed by atoms with Gasteiger partial charge >= 0.3 is 5.97 Å². The summed E-state index contributed by atoms with van der Waals surface area (Å²) < 4.78 is 4.23. The number of nitrogens with zero attached hydrogens (tertiary/aromatic N) is 3. The molecule has 0 unspecified atom stereocenters. The number of amides is 1. The van der Waals surface area contributed by atoms with E-state index in [-0.39, 0.29) is 24.7 Å². The van der Waals surface area contributed by atoms with E-state index in [1.165, 1.54) is 0 Å². The maximum atomic E-state index is 12.4. The fraction of sp³-hybridized carbons (Fsp3) is 0.440. The summed E-state index contributed by atoms with van der Waals surface area (Å²) in [4.78, 5) is 27.0. The number of piperazine rings is 1. The highest BCUT2D eigenvalue weighted by atomic mass is 79.9. The number of aliphatic hydroxyl groups is 1. The zero-order valence-corrected chi connectivity index (χ0v) is 23.3. The molecule has 0 spiro atoms. The Kier molecular flexibility index (Phi) is 10.0. The van der Waals surface area contributed by atoms with Crippen LogP contribution in [0.3, 0.4) is 0 Å². The molecule has 0 saturated carbocycles. The number of carbonyl (C=O) groups excluding carboxylic acids is 1. The standard InChI is InChI=1S/C25H29Br2N3O4.ClH/c26-17-5-7-22-20(13-17)21-14-18(27)6-8-23(21)30(22)16-19(31)15-28-9-11-29(12-10-28)24(32)3-1-2-4-25(33)34;/h5-8,13-14,19,31H,1-4,9-12,15-16H2,(H,33,34);1H/t19-;/m1./s1. The normalized spacial score (nSPS) is 15.3. The number of β-amino-alcohol motifs (C(OH)–C–C–N with tert-alkyl or cyclic N) is 1. The first-order chi connectivity index (χ1) is 16.3. The first kappa shape index (κ1) is 27.9. The van der Waals surface area contributed by atoms with Crippen LogP contribution < -0.4 is 0 Å². The van der Waals surface area contributed by atoms with Crippen LogP contribution in [0.4, 0.5) is 0 Å². The van der Waals surface area contributed by atoms with E-state index in [1.54, 1.807) is 0 Å². The Labute approximate surface area is 227 Å². The average molecular weight is 632 g/mol. The van der Waals surface area contributed by atoms with E-state index in [4.69, 9.17) is 5.11 Å². The second-order valence-corrected chi connectivity index (χ2v) is 10.7. The van der Waals surface area contributed by atoms with Gasteiger partial charge in [-0.15, -0.1) is 12.4 Å². The highest BCUT2D eigenvalue weighted by Crippen LogP contribution is 2.33. The minimum Gasteiger partial charge on any atom is -0.481 e. The molecule has 1 aromatic heterocycles. The molecule has 190 valence electrons. The lowest BCUT2D eigenvalue weighted by Crippen LogP contribution is -2.50. The highest BCUT2D eigenvalue weighted by molar-refractivity contribution is 9.10. The Morgan fingerprint density at radius 3 is 1.94 bits per heavy atom. The average Bonchev–Trinajstić information content (AvgIpc) is 3.08.